The summed E-state index contributed by atoms with van der Waals surface area (Å²) in [7, 11) is 0. The van der Waals surface area contributed by atoms with Crippen LogP contribution in [0.25, 0.3) is 11.3 Å². The third-order valence-corrected chi connectivity index (χ3v) is 3.58. The molecule has 1 aromatic carbocycles. The van der Waals surface area contributed by atoms with Crippen molar-refractivity contribution >= 4 is 11.6 Å². The van der Waals surface area contributed by atoms with Crippen LogP contribution in [-0.2, 0) is 13.0 Å². The number of aromatic nitrogens is 2. The van der Waals surface area contributed by atoms with Gasteiger partial charge in [0, 0.05) is 29.7 Å². The quantitative estimate of drug-likeness (QED) is 0.749. The lowest BCUT2D eigenvalue weighted by Crippen LogP contribution is -2.17. The molecule has 0 radical (unpaired) electrons. The predicted molar refractivity (Wildman–Crippen MR) is 70.2 cm³/mol. The summed E-state index contributed by atoms with van der Waals surface area (Å²) in [5.74, 6) is 1.96. The molecule has 0 N–H and O–H groups in total. The number of aryl methyl sites for hydroxylation is 1. The normalized spacial score (nSPS) is 19.1. The molecule has 0 fully saturated rings. The Labute approximate surface area is 106 Å². The van der Waals surface area contributed by atoms with Gasteiger partial charge in [0.1, 0.15) is 5.82 Å². The lowest BCUT2D eigenvalue weighted by atomic mass is 10.0. The highest BCUT2D eigenvalue weighted by Gasteiger charge is 2.17. The van der Waals surface area contributed by atoms with Gasteiger partial charge < -0.3 is 4.57 Å². The summed E-state index contributed by atoms with van der Waals surface area (Å²) in [6.45, 7) is 3.38. The highest BCUT2D eigenvalue weighted by Crippen LogP contribution is 2.26. The molecule has 17 heavy (non-hydrogen) atoms. The molecule has 0 bridgehead atoms. The molecule has 1 aromatic heterocycles. The van der Waals surface area contributed by atoms with E-state index in [4.69, 9.17) is 16.6 Å². The van der Waals surface area contributed by atoms with Crippen molar-refractivity contribution in [1.82, 2.24) is 9.55 Å². The molecule has 0 spiro atoms. The Kier molecular flexibility index (Phi) is 2.67. The standard InChI is InChI=1S/C14H15ClN2/c1-10-5-6-14-16-13(9-17(14)8-10)11-3-2-4-12(15)7-11/h2-4,7,9-10H,5-6,8H2,1H3/t10-/m0/s1. The Morgan fingerprint density at radius 2 is 2.29 bits per heavy atom. The molecule has 2 nitrogen and oxygen atoms in total. The lowest BCUT2D eigenvalue weighted by Gasteiger charge is -2.19. The van der Waals surface area contributed by atoms with Crippen LogP contribution in [0.15, 0.2) is 30.5 Å². The van der Waals surface area contributed by atoms with Crippen molar-refractivity contribution in [3.63, 3.8) is 0 Å². The van der Waals surface area contributed by atoms with Crippen LogP contribution < -0.4 is 0 Å². The molecular weight excluding hydrogens is 232 g/mol. The van der Waals surface area contributed by atoms with Crippen LogP contribution in [0.2, 0.25) is 5.02 Å². The maximum atomic E-state index is 6.01. The lowest BCUT2D eigenvalue weighted by molar-refractivity contribution is 0.394. The minimum absolute atomic E-state index is 0.754. The zero-order chi connectivity index (χ0) is 11.8. The Balaban J connectivity index is 2.00. The smallest absolute Gasteiger partial charge is 0.109 e. The molecule has 2 heterocycles. The van der Waals surface area contributed by atoms with E-state index in [0.29, 0.717) is 0 Å². The van der Waals surface area contributed by atoms with Crippen LogP contribution in [0.4, 0.5) is 0 Å². The first-order chi connectivity index (χ1) is 8.22. The predicted octanol–water partition coefficient (Wildman–Crippen LogP) is 3.79. The summed E-state index contributed by atoms with van der Waals surface area (Å²) in [5, 5.41) is 0.766. The highest BCUT2D eigenvalue weighted by atomic mass is 35.5. The SMILES string of the molecule is C[C@H]1CCc2nc(-c3cccc(Cl)c3)cn2C1. The largest absolute Gasteiger partial charge is 0.334 e. The second-order valence-corrected chi connectivity index (χ2v) is 5.29. The van der Waals surface area contributed by atoms with E-state index in [2.05, 4.69) is 23.8 Å². The first-order valence-corrected chi connectivity index (χ1v) is 6.42. The molecule has 0 aliphatic carbocycles. The molecule has 88 valence electrons. The van der Waals surface area contributed by atoms with Crippen molar-refractivity contribution in [3.8, 4) is 11.3 Å². The molecule has 1 aliphatic heterocycles. The number of rotatable bonds is 1. The first kappa shape index (κ1) is 10.8. The molecule has 0 amide bonds. The Morgan fingerprint density at radius 3 is 3.12 bits per heavy atom. The average Bonchev–Trinajstić information content (AvgIpc) is 2.72. The second-order valence-electron chi connectivity index (χ2n) is 4.85. The number of nitrogens with zero attached hydrogens (tertiary/aromatic N) is 2. The van der Waals surface area contributed by atoms with Crippen LogP contribution in [0.3, 0.4) is 0 Å². The summed E-state index contributed by atoms with van der Waals surface area (Å²) >= 11 is 6.01. The summed E-state index contributed by atoms with van der Waals surface area (Å²) in [6.07, 6.45) is 4.48. The zero-order valence-electron chi connectivity index (χ0n) is 9.86. The third kappa shape index (κ3) is 2.09. The molecule has 0 saturated carbocycles. The number of imidazole rings is 1. The summed E-state index contributed by atoms with van der Waals surface area (Å²) < 4.78 is 2.28. The zero-order valence-corrected chi connectivity index (χ0v) is 10.6. The van der Waals surface area contributed by atoms with E-state index >= 15 is 0 Å². The van der Waals surface area contributed by atoms with Gasteiger partial charge in [-0.15, -0.1) is 0 Å². The monoisotopic (exact) mass is 246 g/mol. The minimum Gasteiger partial charge on any atom is -0.334 e. The van der Waals surface area contributed by atoms with Gasteiger partial charge in [-0.2, -0.15) is 0 Å². The van der Waals surface area contributed by atoms with Crippen molar-refractivity contribution in [2.45, 2.75) is 26.3 Å². The number of halogens is 1. The maximum absolute atomic E-state index is 6.01. The van der Waals surface area contributed by atoms with Gasteiger partial charge in [-0.05, 0) is 24.5 Å². The van der Waals surface area contributed by atoms with Gasteiger partial charge in [0.2, 0.25) is 0 Å². The summed E-state index contributed by atoms with van der Waals surface area (Å²) in [6, 6.07) is 7.89. The first-order valence-electron chi connectivity index (χ1n) is 6.04. The van der Waals surface area contributed by atoms with Gasteiger partial charge in [-0.3, -0.25) is 0 Å². The molecule has 1 aliphatic rings. The van der Waals surface area contributed by atoms with E-state index in [9.17, 15) is 0 Å². The fourth-order valence-corrected chi connectivity index (χ4v) is 2.59. The van der Waals surface area contributed by atoms with Gasteiger partial charge in [-0.25, -0.2) is 4.98 Å². The van der Waals surface area contributed by atoms with Crippen molar-refractivity contribution in [2.75, 3.05) is 0 Å². The van der Waals surface area contributed by atoms with Crippen molar-refractivity contribution < 1.29 is 0 Å². The molecule has 0 saturated heterocycles. The van der Waals surface area contributed by atoms with Gasteiger partial charge in [0.15, 0.2) is 0 Å². The molecule has 3 rings (SSSR count). The van der Waals surface area contributed by atoms with Crippen LogP contribution in [0, 0.1) is 5.92 Å². The van der Waals surface area contributed by atoms with Crippen molar-refractivity contribution in [2.24, 2.45) is 5.92 Å². The fraction of sp³-hybridized carbons (Fsp3) is 0.357. The molecule has 2 aromatic rings. The topological polar surface area (TPSA) is 17.8 Å². The summed E-state index contributed by atoms with van der Waals surface area (Å²) in [5.41, 5.74) is 2.14. The minimum atomic E-state index is 0.754. The maximum Gasteiger partial charge on any atom is 0.109 e. The van der Waals surface area contributed by atoms with Gasteiger partial charge >= 0.3 is 0 Å². The Morgan fingerprint density at radius 1 is 1.41 bits per heavy atom. The summed E-state index contributed by atoms with van der Waals surface area (Å²) in [4.78, 5) is 4.70. The van der Waals surface area contributed by atoms with E-state index in [1.807, 2.05) is 18.2 Å². The van der Waals surface area contributed by atoms with Gasteiger partial charge in [-0.1, -0.05) is 30.7 Å². The fourth-order valence-electron chi connectivity index (χ4n) is 2.40. The second kappa shape index (κ2) is 4.19. The van der Waals surface area contributed by atoms with E-state index in [1.165, 1.54) is 12.2 Å². The molecular formula is C14H15ClN2. The van der Waals surface area contributed by atoms with Crippen LogP contribution in [0.5, 0.6) is 0 Å². The van der Waals surface area contributed by atoms with Crippen molar-refractivity contribution in [3.05, 3.63) is 41.3 Å². The number of benzene rings is 1. The number of hydrogen-bond acceptors (Lipinski definition) is 1. The van der Waals surface area contributed by atoms with E-state index in [0.717, 1.165) is 35.2 Å². The van der Waals surface area contributed by atoms with E-state index in [-0.39, 0.29) is 0 Å². The molecule has 1 atom stereocenters. The molecule has 3 heteroatoms. The highest BCUT2D eigenvalue weighted by molar-refractivity contribution is 6.30. The van der Waals surface area contributed by atoms with Gasteiger partial charge in [0.25, 0.3) is 0 Å². The number of hydrogen-bond donors (Lipinski definition) is 0. The van der Waals surface area contributed by atoms with E-state index in [1.54, 1.807) is 0 Å². The Hall–Kier alpha value is -1.28. The Bertz CT molecular complexity index is 545. The van der Waals surface area contributed by atoms with Crippen LogP contribution in [-0.4, -0.2) is 9.55 Å². The van der Waals surface area contributed by atoms with Gasteiger partial charge in [0.05, 0.1) is 5.69 Å². The van der Waals surface area contributed by atoms with Crippen molar-refractivity contribution in [1.29, 1.82) is 0 Å². The molecule has 0 unspecified atom stereocenters. The van der Waals surface area contributed by atoms with E-state index < -0.39 is 0 Å². The average molecular weight is 247 g/mol. The number of fused-ring (bicyclic) bond motifs is 1. The van der Waals surface area contributed by atoms with Crippen LogP contribution in [0.1, 0.15) is 19.2 Å². The van der Waals surface area contributed by atoms with Crippen LogP contribution >= 0.6 is 11.6 Å². The third-order valence-electron chi connectivity index (χ3n) is 3.35.